The lowest BCUT2D eigenvalue weighted by atomic mass is 10.0. The van der Waals surface area contributed by atoms with E-state index >= 15 is 0 Å². The van der Waals surface area contributed by atoms with Gasteiger partial charge in [-0.25, -0.2) is 0 Å². The molecule has 366 valence electrons. The second kappa shape index (κ2) is 52.0. The van der Waals surface area contributed by atoms with Gasteiger partial charge in [0.25, 0.3) is 0 Å². The Kier molecular flexibility index (Phi) is 49.8. The van der Waals surface area contributed by atoms with Crippen LogP contribution >= 0.6 is 0 Å². The molecule has 0 spiro atoms. The van der Waals surface area contributed by atoms with Gasteiger partial charge in [0.2, 0.25) is 0 Å². The molecule has 0 aliphatic rings. The number of rotatable bonds is 49. The van der Waals surface area contributed by atoms with Crippen molar-refractivity contribution in [3.63, 3.8) is 0 Å². The largest absolute Gasteiger partial charge is 0.462 e. The van der Waals surface area contributed by atoms with Gasteiger partial charge < -0.3 is 14.2 Å². The molecule has 0 aromatic carbocycles. The number of hydrogen-bond acceptors (Lipinski definition) is 6. The first-order chi connectivity index (χ1) is 31.0. The highest BCUT2D eigenvalue weighted by molar-refractivity contribution is 5.71. The molecule has 0 aliphatic carbocycles. The topological polar surface area (TPSA) is 78.9 Å². The minimum absolute atomic E-state index is 0.0843. The van der Waals surface area contributed by atoms with Gasteiger partial charge >= 0.3 is 17.9 Å². The average molecular weight is 883 g/mol. The van der Waals surface area contributed by atoms with E-state index in [9.17, 15) is 14.4 Å². The van der Waals surface area contributed by atoms with Crippen LogP contribution in [0.1, 0.15) is 278 Å². The molecule has 0 aromatic rings. The molecular formula is C57H102O6. The summed E-state index contributed by atoms with van der Waals surface area (Å²) in [6.07, 6.45) is 62.4. The monoisotopic (exact) mass is 883 g/mol. The van der Waals surface area contributed by atoms with Crippen LogP contribution in [0.15, 0.2) is 48.6 Å². The molecule has 0 radical (unpaired) electrons. The lowest BCUT2D eigenvalue weighted by molar-refractivity contribution is -0.167. The fourth-order valence-corrected chi connectivity index (χ4v) is 7.68. The van der Waals surface area contributed by atoms with Gasteiger partial charge in [-0.05, 0) is 83.5 Å². The van der Waals surface area contributed by atoms with E-state index in [1.807, 2.05) is 0 Å². The number of ether oxygens (including phenoxy) is 3. The quantitative estimate of drug-likeness (QED) is 0.0262. The molecule has 6 heteroatoms. The molecular weight excluding hydrogens is 781 g/mol. The Morgan fingerprint density at radius 3 is 0.968 bits per heavy atom. The highest BCUT2D eigenvalue weighted by Gasteiger charge is 2.19. The third-order valence-electron chi connectivity index (χ3n) is 11.8. The molecule has 0 fully saturated rings. The van der Waals surface area contributed by atoms with E-state index in [2.05, 4.69) is 69.4 Å². The van der Waals surface area contributed by atoms with Crippen molar-refractivity contribution in [3.8, 4) is 0 Å². The molecule has 0 saturated heterocycles. The van der Waals surface area contributed by atoms with Crippen molar-refractivity contribution in [1.29, 1.82) is 0 Å². The van der Waals surface area contributed by atoms with Crippen LogP contribution in [0.25, 0.3) is 0 Å². The van der Waals surface area contributed by atoms with E-state index in [0.29, 0.717) is 19.3 Å². The standard InChI is InChI=1S/C57H102O6/c1-4-7-10-13-16-19-22-25-27-28-30-33-36-39-42-45-48-51-57(60)63-54(52-61-55(58)49-46-43-40-37-34-31-24-21-18-15-12-9-6-3)53-62-56(59)50-47-44-41-38-35-32-29-26-23-20-17-14-11-8-5-2/h17,20,25-27,29,35,38,54H,4-16,18-19,21-24,28,30-34,36-37,39-53H2,1-3H3/b20-17-,27-25-,29-26-,38-35-/t54-/m0/s1. The molecule has 0 bridgehead atoms. The van der Waals surface area contributed by atoms with Crippen LogP contribution < -0.4 is 0 Å². The fraction of sp³-hybridized carbons (Fsp3) is 0.807. The summed E-state index contributed by atoms with van der Waals surface area (Å²) in [6, 6.07) is 0. The molecule has 0 heterocycles. The van der Waals surface area contributed by atoms with Gasteiger partial charge in [0, 0.05) is 19.3 Å². The van der Waals surface area contributed by atoms with Crippen LogP contribution in [0, 0.1) is 0 Å². The maximum absolute atomic E-state index is 12.8. The third-order valence-corrected chi connectivity index (χ3v) is 11.8. The van der Waals surface area contributed by atoms with E-state index in [-0.39, 0.29) is 31.1 Å². The van der Waals surface area contributed by atoms with Crippen molar-refractivity contribution in [2.45, 2.75) is 284 Å². The van der Waals surface area contributed by atoms with Gasteiger partial charge in [-0.3, -0.25) is 14.4 Å². The molecule has 0 N–H and O–H groups in total. The lowest BCUT2D eigenvalue weighted by Crippen LogP contribution is -2.30. The smallest absolute Gasteiger partial charge is 0.306 e. The third kappa shape index (κ3) is 50.2. The summed E-state index contributed by atoms with van der Waals surface area (Å²) in [5.74, 6) is -0.919. The highest BCUT2D eigenvalue weighted by Crippen LogP contribution is 2.15. The second-order valence-electron chi connectivity index (χ2n) is 18.1. The summed E-state index contributed by atoms with van der Waals surface area (Å²) in [4.78, 5) is 38.0. The second-order valence-corrected chi connectivity index (χ2v) is 18.1. The minimum atomic E-state index is -0.788. The predicted molar refractivity (Wildman–Crippen MR) is 270 cm³/mol. The van der Waals surface area contributed by atoms with Crippen LogP contribution in [-0.4, -0.2) is 37.2 Å². The van der Waals surface area contributed by atoms with Gasteiger partial charge in [0.05, 0.1) is 0 Å². The molecule has 63 heavy (non-hydrogen) atoms. The molecule has 0 unspecified atom stereocenters. The van der Waals surface area contributed by atoms with Gasteiger partial charge in [0.15, 0.2) is 6.10 Å². The first-order valence-corrected chi connectivity index (χ1v) is 27.1. The van der Waals surface area contributed by atoms with E-state index < -0.39 is 6.10 Å². The fourth-order valence-electron chi connectivity index (χ4n) is 7.68. The van der Waals surface area contributed by atoms with Crippen molar-refractivity contribution >= 4 is 17.9 Å². The van der Waals surface area contributed by atoms with Gasteiger partial charge in [0.1, 0.15) is 13.2 Å². The van der Waals surface area contributed by atoms with Crippen molar-refractivity contribution in [3.05, 3.63) is 48.6 Å². The van der Waals surface area contributed by atoms with Crippen molar-refractivity contribution < 1.29 is 28.6 Å². The van der Waals surface area contributed by atoms with Crippen LogP contribution in [0.4, 0.5) is 0 Å². The van der Waals surface area contributed by atoms with Crippen molar-refractivity contribution in [2.24, 2.45) is 0 Å². The molecule has 1 atom stereocenters. The lowest BCUT2D eigenvalue weighted by Gasteiger charge is -2.18. The Labute approximate surface area is 390 Å². The number of allylic oxidation sites excluding steroid dienone is 8. The summed E-state index contributed by atoms with van der Waals surface area (Å²) in [7, 11) is 0. The summed E-state index contributed by atoms with van der Waals surface area (Å²) < 4.78 is 16.8. The van der Waals surface area contributed by atoms with Gasteiger partial charge in [-0.2, -0.15) is 0 Å². The predicted octanol–water partition coefficient (Wildman–Crippen LogP) is 17.9. The number of esters is 3. The van der Waals surface area contributed by atoms with Crippen molar-refractivity contribution in [1.82, 2.24) is 0 Å². The summed E-state index contributed by atoms with van der Waals surface area (Å²) in [5.41, 5.74) is 0. The summed E-state index contributed by atoms with van der Waals surface area (Å²) in [6.45, 7) is 6.59. The number of carbonyl (C=O) groups is 3. The SMILES string of the molecule is CCCCC/C=C\C/C=C\C/C=C\CCCCC(=O)OC[C@H](COC(=O)CCCCCCCCCCCCCCC)OC(=O)CCCCCCCCC/C=C\CCCCCCCC. The van der Waals surface area contributed by atoms with Crippen LogP contribution in [0.5, 0.6) is 0 Å². The van der Waals surface area contributed by atoms with Crippen molar-refractivity contribution in [2.75, 3.05) is 13.2 Å². The molecule has 0 rings (SSSR count). The Balaban J connectivity index is 4.42. The number of hydrogen-bond donors (Lipinski definition) is 0. The number of carbonyl (C=O) groups excluding carboxylic acids is 3. The van der Waals surface area contributed by atoms with Crippen LogP contribution in [-0.2, 0) is 28.6 Å². The Hall–Kier alpha value is -2.63. The zero-order valence-corrected chi connectivity index (χ0v) is 41.8. The molecule has 0 saturated carbocycles. The molecule has 0 amide bonds. The molecule has 0 aromatic heterocycles. The maximum Gasteiger partial charge on any atom is 0.306 e. The van der Waals surface area contributed by atoms with Gasteiger partial charge in [-0.15, -0.1) is 0 Å². The van der Waals surface area contributed by atoms with E-state index in [0.717, 1.165) is 70.6 Å². The summed E-state index contributed by atoms with van der Waals surface area (Å²) >= 11 is 0. The van der Waals surface area contributed by atoms with Crippen LogP contribution in [0.2, 0.25) is 0 Å². The zero-order chi connectivity index (χ0) is 45.8. The molecule has 6 nitrogen and oxygen atoms in total. The average Bonchev–Trinajstić information content (AvgIpc) is 3.28. The van der Waals surface area contributed by atoms with Gasteiger partial charge in [-0.1, -0.05) is 223 Å². The first-order valence-electron chi connectivity index (χ1n) is 27.1. The highest BCUT2D eigenvalue weighted by atomic mass is 16.6. The number of unbranched alkanes of at least 4 members (excludes halogenated alkanes) is 30. The summed E-state index contributed by atoms with van der Waals surface area (Å²) in [5, 5.41) is 0. The normalized spacial score (nSPS) is 12.4. The maximum atomic E-state index is 12.8. The molecule has 0 aliphatic heterocycles. The van der Waals surface area contributed by atoms with E-state index in [1.54, 1.807) is 0 Å². The Morgan fingerprint density at radius 1 is 0.317 bits per heavy atom. The van der Waals surface area contributed by atoms with Crippen LogP contribution in [0.3, 0.4) is 0 Å². The minimum Gasteiger partial charge on any atom is -0.462 e. The Bertz CT molecular complexity index is 1110. The Morgan fingerprint density at radius 2 is 0.571 bits per heavy atom. The van der Waals surface area contributed by atoms with E-state index in [4.69, 9.17) is 14.2 Å². The first kappa shape index (κ1) is 60.4. The van der Waals surface area contributed by atoms with E-state index in [1.165, 1.54) is 167 Å². The zero-order valence-electron chi connectivity index (χ0n) is 41.8.